The first-order valence-corrected chi connectivity index (χ1v) is 9.60. The molecular weight excluding hydrogens is 354 g/mol. The van der Waals surface area contributed by atoms with Crippen molar-refractivity contribution in [3.8, 4) is 0 Å². The molecule has 0 unspecified atom stereocenters. The highest BCUT2D eigenvalue weighted by Crippen LogP contribution is 2.26. The summed E-state index contributed by atoms with van der Waals surface area (Å²) < 4.78 is 0. The van der Waals surface area contributed by atoms with Crippen molar-refractivity contribution in [1.82, 2.24) is 14.9 Å². The second-order valence-electron chi connectivity index (χ2n) is 6.96. The number of hydrogen-bond donors (Lipinski definition) is 1. The van der Waals surface area contributed by atoms with Gasteiger partial charge in [0, 0.05) is 48.8 Å². The third-order valence-corrected chi connectivity index (χ3v) is 5.25. The average molecular weight is 378 g/mol. The topological polar surface area (TPSA) is 44.3 Å². The molecule has 6 heteroatoms. The second kappa shape index (κ2) is 7.48. The Kier molecular flexibility index (Phi) is 4.90. The van der Waals surface area contributed by atoms with E-state index >= 15 is 0 Å². The van der Waals surface area contributed by atoms with Gasteiger partial charge in [0.05, 0.1) is 11.9 Å². The lowest BCUT2D eigenvalue weighted by molar-refractivity contribution is 0.391. The fraction of sp³-hybridized carbons (Fsp3) is 0.286. The minimum atomic E-state index is 0.739. The zero-order valence-corrected chi connectivity index (χ0v) is 16.5. The van der Waals surface area contributed by atoms with Crippen molar-refractivity contribution in [2.24, 2.45) is 0 Å². The SMILES string of the molecule is Cc1cc(C)nc(NC(=S)N2CCN(c3cncc4ccccc34)CC2)c1. The van der Waals surface area contributed by atoms with Crippen LogP contribution in [0.4, 0.5) is 11.5 Å². The number of rotatable bonds is 2. The van der Waals surface area contributed by atoms with Gasteiger partial charge in [-0.1, -0.05) is 24.3 Å². The Balaban J connectivity index is 1.43. The van der Waals surface area contributed by atoms with Crippen LogP contribution in [0.25, 0.3) is 10.8 Å². The van der Waals surface area contributed by atoms with Crippen molar-refractivity contribution in [3.63, 3.8) is 0 Å². The Morgan fingerprint density at radius 2 is 1.81 bits per heavy atom. The Morgan fingerprint density at radius 3 is 2.59 bits per heavy atom. The van der Waals surface area contributed by atoms with E-state index < -0.39 is 0 Å². The molecule has 4 rings (SSSR count). The predicted octanol–water partition coefficient (Wildman–Crippen LogP) is 3.77. The van der Waals surface area contributed by atoms with E-state index in [4.69, 9.17) is 12.2 Å². The van der Waals surface area contributed by atoms with Gasteiger partial charge in [0.15, 0.2) is 5.11 Å². The van der Waals surface area contributed by atoms with Crippen LogP contribution in [0.5, 0.6) is 0 Å². The molecule has 3 aromatic rings. The first-order valence-electron chi connectivity index (χ1n) is 9.19. The zero-order chi connectivity index (χ0) is 18.8. The van der Waals surface area contributed by atoms with Crippen LogP contribution in [0.1, 0.15) is 11.3 Å². The van der Waals surface area contributed by atoms with Gasteiger partial charge in [0.25, 0.3) is 0 Å². The smallest absolute Gasteiger partial charge is 0.174 e. The van der Waals surface area contributed by atoms with Crippen LogP contribution in [-0.2, 0) is 0 Å². The number of piperazine rings is 1. The van der Waals surface area contributed by atoms with Crippen molar-refractivity contribution >= 4 is 39.6 Å². The first kappa shape index (κ1) is 17.7. The lowest BCUT2D eigenvalue weighted by Crippen LogP contribution is -2.50. The van der Waals surface area contributed by atoms with Gasteiger partial charge < -0.3 is 15.1 Å². The van der Waals surface area contributed by atoms with E-state index in [2.05, 4.69) is 62.3 Å². The summed E-state index contributed by atoms with van der Waals surface area (Å²) in [6.45, 7) is 7.65. The highest BCUT2D eigenvalue weighted by Gasteiger charge is 2.21. The number of pyridine rings is 2. The van der Waals surface area contributed by atoms with Gasteiger partial charge in [-0.15, -0.1) is 0 Å². The van der Waals surface area contributed by atoms with Gasteiger partial charge in [0.2, 0.25) is 0 Å². The maximum atomic E-state index is 5.62. The maximum absolute atomic E-state index is 5.62. The number of aromatic nitrogens is 2. The highest BCUT2D eigenvalue weighted by atomic mass is 32.1. The van der Waals surface area contributed by atoms with Gasteiger partial charge in [-0.3, -0.25) is 4.98 Å². The summed E-state index contributed by atoms with van der Waals surface area (Å²) in [6.07, 6.45) is 3.89. The summed E-state index contributed by atoms with van der Waals surface area (Å²) in [4.78, 5) is 13.5. The Bertz CT molecular complexity index is 954. The molecule has 1 aliphatic rings. The van der Waals surface area contributed by atoms with E-state index in [9.17, 15) is 0 Å². The molecule has 1 N–H and O–H groups in total. The minimum absolute atomic E-state index is 0.739. The number of fused-ring (bicyclic) bond motifs is 1. The average Bonchev–Trinajstić information content (AvgIpc) is 2.67. The Morgan fingerprint density at radius 1 is 1.04 bits per heavy atom. The number of nitrogens with one attached hydrogen (secondary N) is 1. The molecule has 0 amide bonds. The van der Waals surface area contributed by atoms with Crippen molar-refractivity contribution < 1.29 is 0 Å². The van der Waals surface area contributed by atoms with Crippen LogP contribution >= 0.6 is 12.2 Å². The first-order chi connectivity index (χ1) is 13.1. The minimum Gasteiger partial charge on any atom is -0.366 e. The van der Waals surface area contributed by atoms with E-state index in [0.29, 0.717) is 0 Å². The monoisotopic (exact) mass is 377 g/mol. The van der Waals surface area contributed by atoms with Crippen LogP contribution in [0.2, 0.25) is 0 Å². The number of anilines is 2. The van der Waals surface area contributed by atoms with Gasteiger partial charge >= 0.3 is 0 Å². The largest absolute Gasteiger partial charge is 0.366 e. The zero-order valence-electron chi connectivity index (χ0n) is 15.6. The molecule has 5 nitrogen and oxygen atoms in total. The van der Waals surface area contributed by atoms with Crippen LogP contribution in [0.3, 0.4) is 0 Å². The Hall–Kier alpha value is -2.73. The van der Waals surface area contributed by atoms with Crippen LogP contribution < -0.4 is 10.2 Å². The fourth-order valence-electron chi connectivity index (χ4n) is 3.60. The van der Waals surface area contributed by atoms with E-state index in [1.165, 1.54) is 22.0 Å². The summed E-state index contributed by atoms with van der Waals surface area (Å²) in [5.41, 5.74) is 3.37. The van der Waals surface area contributed by atoms with Crippen LogP contribution in [0.15, 0.2) is 48.8 Å². The normalized spacial score (nSPS) is 14.4. The van der Waals surface area contributed by atoms with E-state index in [1.54, 1.807) is 0 Å². The molecule has 1 aromatic carbocycles. The number of benzene rings is 1. The summed E-state index contributed by atoms with van der Waals surface area (Å²) in [6, 6.07) is 12.5. The molecule has 2 aromatic heterocycles. The van der Waals surface area contributed by atoms with Crippen molar-refractivity contribution in [3.05, 3.63) is 60.0 Å². The molecule has 1 aliphatic heterocycles. The molecule has 0 spiro atoms. The molecule has 0 saturated carbocycles. The van der Waals surface area contributed by atoms with Crippen molar-refractivity contribution in [1.29, 1.82) is 0 Å². The molecule has 1 saturated heterocycles. The molecule has 0 radical (unpaired) electrons. The number of hydrogen-bond acceptors (Lipinski definition) is 4. The van der Waals surface area contributed by atoms with Crippen molar-refractivity contribution in [2.75, 3.05) is 36.4 Å². The predicted molar refractivity (Wildman–Crippen MR) is 115 cm³/mol. The van der Waals surface area contributed by atoms with Gasteiger partial charge in [-0.2, -0.15) is 0 Å². The van der Waals surface area contributed by atoms with Crippen LogP contribution in [-0.4, -0.2) is 46.2 Å². The molecule has 0 bridgehead atoms. The van der Waals surface area contributed by atoms with E-state index in [1.807, 2.05) is 25.4 Å². The number of thiocarbonyl (C=S) groups is 1. The van der Waals surface area contributed by atoms with Gasteiger partial charge in [0.1, 0.15) is 5.82 Å². The standard InChI is InChI=1S/C21H23N5S/c1-15-11-16(2)23-20(12-15)24-21(27)26-9-7-25(8-10-26)19-14-22-13-17-5-3-4-6-18(17)19/h3-6,11-14H,7-10H2,1-2H3,(H,23,24,27). The molecular formula is C21H23N5S. The highest BCUT2D eigenvalue weighted by molar-refractivity contribution is 7.80. The fourth-order valence-corrected chi connectivity index (χ4v) is 3.88. The molecule has 0 atom stereocenters. The molecule has 3 heterocycles. The van der Waals surface area contributed by atoms with Gasteiger partial charge in [-0.25, -0.2) is 4.98 Å². The second-order valence-corrected chi connectivity index (χ2v) is 7.34. The third kappa shape index (κ3) is 3.85. The van der Waals surface area contributed by atoms with Crippen molar-refractivity contribution in [2.45, 2.75) is 13.8 Å². The van der Waals surface area contributed by atoms with E-state index in [-0.39, 0.29) is 0 Å². The Labute approximate surface area is 165 Å². The maximum Gasteiger partial charge on any atom is 0.174 e. The number of nitrogens with zero attached hydrogens (tertiary/aromatic N) is 4. The summed E-state index contributed by atoms with van der Waals surface area (Å²) >= 11 is 5.62. The molecule has 27 heavy (non-hydrogen) atoms. The quantitative estimate of drug-likeness (QED) is 0.686. The summed E-state index contributed by atoms with van der Waals surface area (Å²) in [5.74, 6) is 0.818. The lowest BCUT2D eigenvalue weighted by Gasteiger charge is -2.37. The van der Waals surface area contributed by atoms with E-state index in [0.717, 1.165) is 42.8 Å². The third-order valence-electron chi connectivity index (χ3n) is 4.89. The summed E-state index contributed by atoms with van der Waals surface area (Å²) in [5, 5.41) is 6.46. The van der Waals surface area contributed by atoms with Crippen LogP contribution in [0, 0.1) is 13.8 Å². The van der Waals surface area contributed by atoms with Gasteiger partial charge in [-0.05, 0) is 43.8 Å². The molecule has 138 valence electrons. The molecule has 0 aliphatic carbocycles. The number of aryl methyl sites for hydroxylation is 2. The summed E-state index contributed by atoms with van der Waals surface area (Å²) in [7, 11) is 0. The molecule has 1 fully saturated rings. The lowest BCUT2D eigenvalue weighted by atomic mass is 10.1.